The average Bonchev–Trinajstić information content (AvgIpc) is 2.82. The summed E-state index contributed by atoms with van der Waals surface area (Å²) in [4.78, 5) is 13.5. The molecule has 0 unspecified atom stereocenters. The number of rotatable bonds is 4. The number of amides is 1. The molecule has 0 radical (unpaired) electrons. The number of thioether (sulfide) groups is 1. The Morgan fingerprint density at radius 3 is 2.40 bits per heavy atom. The fourth-order valence-corrected chi connectivity index (χ4v) is 5.53. The van der Waals surface area contributed by atoms with Gasteiger partial charge >= 0.3 is 0 Å². The molecule has 126 valence electrons. The molecule has 0 atom stereocenters. The second-order valence-corrected chi connectivity index (χ2v) is 8.73. The normalized spacial score (nSPS) is 15.5. The Morgan fingerprint density at radius 2 is 1.60 bits per heavy atom. The SMILES string of the molecule is O=C1c2ccccc2S(=O)(=O)N1CCSc1ccc2ccccc2c1. The van der Waals surface area contributed by atoms with Crippen LogP contribution < -0.4 is 0 Å². The van der Waals surface area contributed by atoms with Crippen LogP contribution in [-0.4, -0.2) is 30.9 Å². The molecule has 6 heteroatoms. The van der Waals surface area contributed by atoms with E-state index in [0.717, 1.165) is 14.6 Å². The molecule has 0 saturated carbocycles. The lowest BCUT2D eigenvalue weighted by molar-refractivity contribution is 0.0876. The first-order valence-corrected chi connectivity index (χ1v) is 10.3. The third-order valence-corrected chi connectivity index (χ3v) is 7.01. The standard InChI is InChI=1S/C19H15NO3S2/c21-19-17-7-3-4-8-18(17)25(22,23)20(19)11-12-24-16-10-9-14-5-1-2-6-15(14)13-16/h1-10,13H,11-12H2. The van der Waals surface area contributed by atoms with E-state index in [2.05, 4.69) is 12.1 Å². The Morgan fingerprint density at radius 1 is 0.880 bits per heavy atom. The fraction of sp³-hybridized carbons (Fsp3) is 0.105. The van der Waals surface area contributed by atoms with Crippen LogP contribution in [0.3, 0.4) is 0 Å². The van der Waals surface area contributed by atoms with Crippen molar-refractivity contribution in [3.05, 3.63) is 72.3 Å². The number of sulfonamides is 1. The molecule has 0 saturated heterocycles. The van der Waals surface area contributed by atoms with E-state index in [1.54, 1.807) is 30.0 Å². The van der Waals surface area contributed by atoms with Crippen molar-refractivity contribution in [2.24, 2.45) is 0 Å². The van der Waals surface area contributed by atoms with E-state index in [0.29, 0.717) is 5.75 Å². The zero-order valence-corrected chi connectivity index (χ0v) is 14.9. The van der Waals surface area contributed by atoms with Gasteiger partial charge < -0.3 is 0 Å². The molecule has 0 N–H and O–H groups in total. The molecule has 1 amide bonds. The highest BCUT2D eigenvalue weighted by Gasteiger charge is 2.40. The molecule has 1 aliphatic heterocycles. The van der Waals surface area contributed by atoms with Gasteiger partial charge in [0.2, 0.25) is 0 Å². The van der Waals surface area contributed by atoms with Crippen molar-refractivity contribution in [2.75, 3.05) is 12.3 Å². The van der Waals surface area contributed by atoms with Crippen molar-refractivity contribution >= 4 is 38.5 Å². The molecule has 4 nitrogen and oxygen atoms in total. The Balaban J connectivity index is 1.49. The maximum atomic E-state index is 12.5. The summed E-state index contributed by atoms with van der Waals surface area (Å²) < 4.78 is 26.0. The molecule has 3 aromatic rings. The smallest absolute Gasteiger partial charge is 0.268 e. The second kappa shape index (κ2) is 6.20. The first-order valence-electron chi connectivity index (χ1n) is 7.85. The van der Waals surface area contributed by atoms with Gasteiger partial charge in [0.1, 0.15) is 4.90 Å². The van der Waals surface area contributed by atoms with Gasteiger partial charge in [-0.1, -0.05) is 42.5 Å². The van der Waals surface area contributed by atoms with Crippen LogP contribution in [0.4, 0.5) is 0 Å². The Bertz CT molecular complexity index is 1080. The minimum absolute atomic E-state index is 0.107. The van der Waals surface area contributed by atoms with Crippen LogP contribution in [0.2, 0.25) is 0 Å². The third kappa shape index (κ3) is 2.81. The highest BCUT2D eigenvalue weighted by molar-refractivity contribution is 7.99. The summed E-state index contributed by atoms with van der Waals surface area (Å²) in [7, 11) is -3.71. The predicted molar refractivity (Wildman–Crippen MR) is 99.3 cm³/mol. The first-order chi connectivity index (χ1) is 12.1. The molecular weight excluding hydrogens is 354 g/mol. The number of hydrogen-bond acceptors (Lipinski definition) is 4. The lowest BCUT2D eigenvalue weighted by Gasteiger charge is -2.14. The molecule has 0 fully saturated rings. The van der Waals surface area contributed by atoms with Crippen LogP contribution in [0, 0.1) is 0 Å². The van der Waals surface area contributed by atoms with Crippen molar-refractivity contribution in [1.82, 2.24) is 4.31 Å². The van der Waals surface area contributed by atoms with E-state index in [1.807, 2.05) is 30.3 Å². The van der Waals surface area contributed by atoms with Crippen LogP contribution in [0.1, 0.15) is 10.4 Å². The topological polar surface area (TPSA) is 54.5 Å². The van der Waals surface area contributed by atoms with Crippen LogP contribution in [-0.2, 0) is 10.0 Å². The van der Waals surface area contributed by atoms with Crippen molar-refractivity contribution in [3.8, 4) is 0 Å². The predicted octanol–water partition coefficient (Wildman–Crippen LogP) is 3.78. The highest BCUT2D eigenvalue weighted by atomic mass is 32.2. The number of fused-ring (bicyclic) bond motifs is 2. The summed E-state index contributed by atoms with van der Waals surface area (Å²) in [5.41, 5.74) is 0.262. The summed E-state index contributed by atoms with van der Waals surface area (Å²) in [6.45, 7) is 0.160. The summed E-state index contributed by atoms with van der Waals surface area (Å²) >= 11 is 1.55. The van der Waals surface area contributed by atoms with Crippen LogP contribution in [0.5, 0.6) is 0 Å². The van der Waals surface area contributed by atoms with E-state index in [-0.39, 0.29) is 17.0 Å². The van der Waals surface area contributed by atoms with Gasteiger partial charge in [-0.15, -0.1) is 11.8 Å². The molecular formula is C19H15NO3S2. The first kappa shape index (κ1) is 16.2. The van der Waals surface area contributed by atoms with E-state index in [4.69, 9.17) is 0 Å². The zero-order chi connectivity index (χ0) is 17.4. The van der Waals surface area contributed by atoms with Gasteiger partial charge in [0, 0.05) is 17.2 Å². The number of carbonyl (C=O) groups is 1. The third-order valence-electron chi connectivity index (χ3n) is 4.20. The summed E-state index contributed by atoms with van der Waals surface area (Å²) in [5.74, 6) is 0.0758. The Kier molecular flexibility index (Phi) is 4.01. The molecule has 1 heterocycles. The Labute approximate surface area is 150 Å². The second-order valence-electron chi connectivity index (χ2n) is 5.74. The van der Waals surface area contributed by atoms with Gasteiger partial charge in [0.05, 0.1) is 5.56 Å². The van der Waals surface area contributed by atoms with Gasteiger partial charge in [-0.2, -0.15) is 0 Å². The number of benzene rings is 3. The summed E-state index contributed by atoms with van der Waals surface area (Å²) in [6, 6.07) is 20.6. The highest BCUT2D eigenvalue weighted by Crippen LogP contribution is 2.31. The number of hydrogen-bond donors (Lipinski definition) is 0. The van der Waals surface area contributed by atoms with Crippen molar-refractivity contribution in [2.45, 2.75) is 9.79 Å². The van der Waals surface area contributed by atoms with Gasteiger partial charge in [0.15, 0.2) is 0 Å². The quantitative estimate of drug-likeness (QED) is 0.657. The molecule has 0 aliphatic carbocycles. The van der Waals surface area contributed by atoms with E-state index >= 15 is 0 Å². The minimum atomic E-state index is -3.71. The van der Waals surface area contributed by atoms with Gasteiger partial charge in [-0.3, -0.25) is 4.79 Å². The fourth-order valence-electron chi connectivity index (χ4n) is 2.96. The van der Waals surface area contributed by atoms with Gasteiger partial charge in [-0.05, 0) is 35.0 Å². The van der Waals surface area contributed by atoms with E-state index in [1.165, 1.54) is 11.5 Å². The van der Waals surface area contributed by atoms with Crippen LogP contribution >= 0.6 is 11.8 Å². The maximum absolute atomic E-state index is 12.5. The van der Waals surface area contributed by atoms with Crippen molar-refractivity contribution < 1.29 is 13.2 Å². The van der Waals surface area contributed by atoms with Gasteiger partial charge in [-0.25, -0.2) is 12.7 Å². The Hall–Kier alpha value is -2.31. The molecule has 0 bridgehead atoms. The minimum Gasteiger partial charge on any atom is -0.268 e. The van der Waals surface area contributed by atoms with Crippen molar-refractivity contribution in [3.63, 3.8) is 0 Å². The molecule has 0 aromatic heterocycles. The molecule has 3 aromatic carbocycles. The maximum Gasteiger partial charge on any atom is 0.269 e. The number of nitrogens with zero attached hydrogens (tertiary/aromatic N) is 1. The van der Waals surface area contributed by atoms with Gasteiger partial charge in [0.25, 0.3) is 15.9 Å². The average molecular weight is 369 g/mol. The number of carbonyl (C=O) groups excluding carboxylic acids is 1. The van der Waals surface area contributed by atoms with Crippen LogP contribution in [0.15, 0.2) is 76.5 Å². The van der Waals surface area contributed by atoms with E-state index in [9.17, 15) is 13.2 Å². The lowest BCUT2D eigenvalue weighted by atomic mass is 10.1. The summed E-state index contributed by atoms with van der Waals surface area (Å²) in [5, 5.41) is 2.31. The summed E-state index contributed by atoms with van der Waals surface area (Å²) in [6.07, 6.45) is 0. The lowest BCUT2D eigenvalue weighted by Crippen LogP contribution is -2.32. The largest absolute Gasteiger partial charge is 0.269 e. The van der Waals surface area contributed by atoms with Crippen LogP contribution in [0.25, 0.3) is 10.8 Å². The zero-order valence-electron chi connectivity index (χ0n) is 13.3. The van der Waals surface area contributed by atoms with Crippen molar-refractivity contribution in [1.29, 1.82) is 0 Å². The monoisotopic (exact) mass is 369 g/mol. The molecule has 25 heavy (non-hydrogen) atoms. The molecule has 4 rings (SSSR count). The van der Waals surface area contributed by atoms with E-state index < -0.39 is 15.9 Å². The molecule has 1 aliphatic rings. The molecule has 0 spiro atoms.